The first kappa shape index (κ1) is 11.2. The van der Waals surface area contributed by atoms with Gasteiger partial charge in [-0.3, -0.25) is 0 Å². The minimum absolute atomic E-state index is 0.247. The lowest BCUT2D eigenvalue weighted by atomic mass is 10.3. The Morgan fingerprint density at radius 2 is 2.00 bits per heavy atom. The zero-order valence-electron chi connectivity index (χ0n) is 8.78. The Balaban J connectivity index is 3.05. The summed E-state index contributed by atoms with van der Waals surface area (Å²) < 4.78 is 11.0. The van der Waals surface area contributed by atoms with Gasteiger partial charge in [0, 0.05) is 18.9 Å². The Hall–Kier alpha value is -0.843. The highest BCUT2D eigenvalue weighted by Gasteiger charge is 2.34. The van der Waals surface area contributed by atoms with Crippen LogP contribution in [0, 0.1) is 0 Å². The molecule has 0 radical (unpaired) electrons. The SMILES string of the molecule is CCO[Si](C)(OC)c1ccccc1O. The Kier molecular flexibility index (Phi) is 3.68. The number of phenolic OH excluding ortho intramolecular Hbond substituents is 1. The third-order valence-corrected chi connectivity index (χ3v) is 5.22. The van der Waals surface area contributed by atoms with E-state index >= 15 is 0 Å². The van der Waals surface area contributed by atoms with Crippen LogP contribution >= 0.6 is 0 Å². The zero-order valence-corrected chi connectivity index (χ0v) is 9.78. The number of hydrogen-bond acceptors (Lipinski definition) is 3. The van der Waals surface area contributed by atoms with E-state index < -0.39 is 8.56 Å². The second kappa shape index (κ2) is 4.59. The first-order chi connectivity index (χ1) is 6.64. The average molecular weight is 212 g/mol. The standard InChI is InChI=1S/C10H16O3Si/c1-4-13-14(3,12-2)10-8-6-5-7-9(10)11/h5-8,11H,4H2,1-3H3. The zero-order chi connectivity index (χ0) is 10.6. The third-order valence-electron chi connectivity index (χ3n) is 2.20. The highest BCUT2D eigenvalue weighted by molar-refractivity contribution is 6.80. The van der Waals surface area contributed by atoms with Crippen LogP contribution in [-0.2, 0) is 8.85 Å². The van der Waals surface area contributed by atoms with Crippen molar-refractivity contribution < 1.29 is 14.0 Å². The summed E-state index contributed by atoms with van der Waals surface area (Å²) in [6, 6.07) is 7.16. The van der Waals surface area contributed by atoms with E-state index in [4.69, 9.17) is 8.85 Å². The summed E-state index contributed by atoms with van der Waals surface area (Å²) >= 11 is 0. The first-order valence-corrected chi connectivity index (χ1v) is 6.93. The van der Waals surface area contributed by atoms with Crippen LogP contribution in [0.2, 0.25) is 6.55 Å². The summed E-state index contributed by atoms with van der Waals surface area (Å²) in [5, 5.41) is 10.5. The molecule has 0 aromatic heterocycles. The predicted octanol–water partition coefficient (Wildman–Crippen LogP) is 1.35. The van der Waals surface area contributed by atoms with E-state index in [1.165, 1.54) is 0 Å². The van der Waals surface area contributed by atoms with Gasteiger partial charge in [0.2, 0.25) is 0 Å². The largest absolute Gasteiger partial charge is 0.508 e. The second-order valence-electron chi connectivity index (χ2n) is 3.10. The Bertz CT molecular complexity index is 303. The van der Waals surface area contributed by atoms with Crippen LogP contribution in [-0.4, -0.2) is 27.4 Å². The normalized spacial score (nSPS) is 15.1. The van der Waals surface area contributed by atoms with E-state index in [9.17, 15) is 5.11 Å². The smallest absolute Gasteiger partial charge is 0.372 e. The fourth-order valence-electron chi connectivity index (χ4n) is 1.38. The summed E-state index contributed by atoms with van der Waals surface area (Å²) in [6.45, 7) is 4.43. The molecule has 1 rings (SSSR count). The maximum atomic E-state index is 9.68. The lowest BCUT2D eigenvalue weighted by Crippen LogP contribution is -2.50. The molecular formula is C10H16O3Si. The van der Waals surface area contributed by atoms with Gasteiger partial charge in [-0.05, 0) is 19.5 Å². The van der Waals surface area contributed by atoms with E-state index in [1.807, 2.05) is 25.6 Å². The molecule has 3 nitrogen and oxygen atoms in total. The van der Waals surface area contributed by atoms with E-state index in [-0.39, 0.29) is 5.75 Å². The van der Waals surface area contributed by atoms with Gasteiger partial charge < -0.3 is 14.0 Å². The van der Waals surface area contributed by atoms with Gasteiger partial charge in [-0.1, -0.05) is 18.2 Å². The first-order valence-electron chi connectivity index (χ1n) is 4.61. The van der Waals surface area contributed by atoms with Gasteiger partial charge in [0.25, 0.3) is 0 Å². The molecule has 0 fully saturated rings. The average Bonchev–Trinajstić information content (AvgIpc) is 2.18. The summed E-state index contributed by atoms with van der Waals surface area (Å²) in [7, 11) is -0.775. The molecule has 1 aromatic rings. The number of rotatable bonds is 4. The molecule has 0 amide bonds. The van der Waals surface area contributed by atoms with Crippen LogP contribution in [0.1, 0.15) is 6.92 Å². The van der Waals surface area contributed by atoms with Crippen LogP contribution in [0.15, 0.2) is 24.3 Å². The van der Waals surface area contributed by atoms with Gasteiger partial charge in [0.1, 0.15) is 5.75 Å². The second-order valence-corrected chi connectivity index (χ2v) is 6.23. The Labute approximate surface area is 85.5 Å². The molecule has 14 heavy (non-hydrogen) atoms. The lowest BCUT2D eigenvalue weighted by Gasteiger charge is -2.25. The fourth-order valence-corrected chi connectivity index (χ4v) is 3.37. The molecule has 0 aliphatic carbocycles. The number of benzene rings is 1. The molecule has 0 spiro atoms. The predicted molar refractivity (Wildman–Crippen MR) is 58.0 cm³/mol. The number of para-hydroxylation sites is 1. The van der Waals surface area contributed by atoms with Crippen molar-refractivity contribution >= 4 is 13.7 Å². The fraction of sp³-hybridized carbons (Fsp3) is 0.400. The van der Waals surface area contributed by atoms with Gasteiger partial charge in [-0.2, -0.15) is 0 Å². The number of hydrogen-bond donors (Lipinski definition) is 1. The molecule has 0 saturated heterocycles. The third kappa shape index (κ3) is 2.15. The van der Waals surface area contributed by atoms with Crippen molar-refractivity contribution in [1.29, 1.82) is 0 Å². The number of aromatic hydroxyl groups is 1. The van der Waals surface area contributed by atoms with Gasteiger partial charge >= 0.3 is 8.56 Å². The Morgan fingerprint density at radius 1 is 1.36 bits per heavy atom. The van der Waals surface area contributed by atoms with Crippen molar-refractivity contribution in [2.75, 3.05) is 13.7 Å². The van der Waals surface area contributed by atoms with Crippen LogP contribution in [0.4, 0.5) is 0 Å². The molecule has 1 aromatic carbocycles. The Morgan fingerprint density at radius 3 is 2.50 bits per heavy atom. The molecular weight excluding hydrogens is 196 g/mol. The molecule has 4 heteroatoms. The van der Waals surface area contributed by atoms with Crippen molar-refractivity contribution in [3.63, 3.8) is 0 Å². The topological polar surface area (TPSA) is 38.7 Å². The molecule has 0 saturated carbocycles. The van der Waals surface area contributed by atoms with Crippen molar-refractivity contribution in [1.82, 2.24) is 0 Å². The van der Waals surface area contributed by atoms with Crippen molar-refractivity contribution in [2.24, 2.45) is 0 Å². The summed E-state index contributed by atoms with van der Waals surface area (Å²) in [4.78, 5) is 0. The highest BCUT2D eigenvalue weighted by Crippen LogP contribution is 2.14. The van der Waals surface area contributed by atoms with Crippen molar-refractivity contribution in [2.45, 2.75) is 13.5 Å². The molecule has 0 bridgehead atoms. The monoisotopic (exact) mass is 212 g/mol. The maximum absolute atomic E-state index is 9.68. The van der Waals surface area contributed by atoms with Crippen LogP contribution in [0.5, 0.6) is 5.75 Å². The lowest BCUT2D eigenvalue weighted by molar-refractivity contribution is 0.228. The quantitative estimate of drug-likeness (QED) is 0.766. The van der Waals surface area contributed by atoms with Crippen LogP contribution in [0.25, 0.3) is 0 Å². The molecule has 0 heterocycles. The molecule has 1 atom stereocenters. The van der Waals surface area contributed by atoms with Gasteiger partial charge in [-0.15, -0.1) is 0 Å². The van der Waals surface area contributed by atoms with Crippen LogP contribution in [0.3, 0.4) is 0 Å². The molecule has 0 aliphatic heterocycles. The maximum Gasteiger partial charge on any atom is 0.372 e. The van der Waals surface area contributed by atoms with Gasteiger partial charge in [0.15, 0.2) is 0 Å². The van der Waals surface area contributed by atoms with E-state index in [2.05, 4.69) is 0 Å². The van der Waals surface area contributed by atoms with E-state index in [1.54, 1.807) is 19.2 Å². The van der Waals surface area contributed by atoms with E-state index in [0.29, 0.717) is 6.61 Å². The van der Waals surface area contributed by atoms with Gasteiger partial charge in [0.05, 0.1) is 0 Å². The minimum Gasteiger partial charge on any atom is -0.508 e. The summed E-state index contributed by atoms with van der Waals surface area (Å²) in [5.74, 6) is 0.247. The molecule has 1 N–H and O–H groups in total. The van der Waals surface area contributed by atoms with Crippen LogP contribution < -0.4 is 5.19 Å². The van der Waals surface area contributed by atoms with E-state index in [0.717, 1.165) is 5.19 Å². The summed E-state index contributed by atoms with van der Waals surface area (Å²) in [6.07, 6.45) is 0. The van der Waals surface area contributed by atoms with Gasteiger partial charge in [-0.25, -0.2) is 0 Å². The van der Waals surface area contributed by atoms with Crippen molar-refractivity contribution in [3.05, 3.63) is 24.3 Å². The summed E-state index contributed by atoms with van der Waals surface area (Å²) in [5.41, 5.74) is 0. The molecule has 1 unspecified atom stereocenters. The molecule has 78 valence electrons. The highest BCUT2D eigenvalue weighted by atomic mass is 28.4. The van der Waals surface area contributed by atoms with Crippen molar-refractivity contribution in [3.8, 4) is 5.75 Å². The molecule has 0 aliphatic rings. The minimum atomic E-state index is -2.39. The number of phenols is 1.